The van der Waals surface area contributed by atoms with Crippen molar-refractivity contribution in [3.63, 3.8) is 0 Å². The average Bonchev–Trinajstić information content (AvgIpc) is 2.65. The number of aromatic nitrogens is 2. The van der Waals surface area contributed by atoms with Gasteiger partial charge in [0.05, 0.1) is 6.54 Å². The van der Waals surface area contributed by atoms with Gasteiger partial charge in [-0.15, -0.1) is 0 Å². The first kappa shape index (κ1) is 18.3. The predicted molar refractivity (Wildman–Crippen MR) is 103 cm³/mol. The van der Waals surface area contributed by atoms with E-state index in [-0.39, 0.29) is 23.6 Å². The summed E-state index contributed by atoms with van der Waals surface area (Å²) in [5.74, 6) is -0.770. The van der Waals surface area contributed by atoms with E-state index in [9.17, 15) is 14.0 Å². The third-order valence-electron chi connectivity index (χ3n) is 3.99. The Morgan fingerprint density at radius 3 is 2.33 bits per heavy atom. The van der Waals surface area contributed by atoms with Crippen LogP contribution in [-0.2, 0) is 6.54 Å². The van der Waals surface area contributed by atoms with Crippen LogP contribution in [0.1, 0.15) is 16.1 Å². The van der Waals surface area contributed by atoms with Crippen molar-refractivity contribution in [3.05, 3.63) is 88.1 Å². The molecule has 0 aliphatic rings. The van der Waals surface area contributed by atoms with Crippen molar-refractivity contribution < 1.29 is 9.18 Å². The molecule has 0 atom stereocenters. The third kappa shape index (κ3) is 4.58. The van der Waals surface area contributed by atoms with Crippen LogP contribution < -0.4 is 15.8 Å². The second kappa shape index (κ2) is 7.82. The van der Waals surface area contributed by atoms with Crippen LogP contribution in [0.15, 0.2) is 65.5 Å². The molecule has 3 aromatic rings. The van der Waals surface area contributed by atoms with Crippen molar-refractivity contribution in [1.82, 2.24) is 9.78 Å². The fourth-order valence-electron chi connectivity index (χ4n) is 2.48. The molecule has 138 valence electrons. The van der Waals surface area contributed by atoms with E-state index >= 15 is 0 Å². The second-order valence-electron chi connectivity index (χ2n) is 6.24. The zero-order valence-corrected chi connectivity index (χ0v) is 15.0. The van der Waals surface area contributed by atoms with Crippen LogP contribution in [0.25, 0.3) is 0 Å². The quantitative estimate of drug-likeness (QED) is 0.754. The number of hydrogen-bond donors (Lipinski definition) is 1. The summed E-state index contributed by atoms with van der Waals surface area (Å²) in [5, 5.41) is 6.88. The number of carbonyl (C=O) groups excluding carboxylic acids is 1. The molecular weight excluding hydrogens is 347 g/mol. The third-order valence-corrected chi connectivity index (χ3v) is 3.99. The van der Waals surface area contributed by atoms with Gasteiger partial charge in [0.25, 0.3) is 11.5 Å². The predicted octanol–water partition coefficient (Wildman–Crippen LogP) is 2.75. The van der Waals surface area contributed by atoms with Gasteiger partial charge >= 0.3 is 0 Å². The number of nitrogens with zero attached hydrogens (tertiary/aromatic N) is 3. The number of anilines is 2. The lowest BCUT2D eigenvalue weighted by molar-refractivity contribution is 0.102. The lowest BCUT2D eigenvalue weighted by atomic mass is 10.2. The number of hydrogen-bond acceptors (Lipinski definition) is 4. The Morgan fingerprint density at radius 1 is 1.04 bits per heavy atom. The zero-order chi connectivity index (χ0) is 19.4. The molecule has 0 spiro atoms. The van der Waals surface area contributed by atoms with Crippen LogP contribution in [0.5, 0.6) is 0 Å². The number of nitrogens with one attached hydrogen (secondary N) is 1. The van der Waals surface area contributed by atoms with Crippen LogP contribution in [0.3, 0.4) is 0 Å². The van der Waals surface area contributed by atoms with Crippen molar-refractivity contribution in [2.45, 2.75) is 6.54 Å². The molecule has 3 rings (SSSR count). The van der Waals surface area contributed by atoms with Gasteiger partial charge in [-0.25, -0.2) is 9.07 Å². The molecule has 0 fully saturated rings. The van der Waals surface area contributed by atoms with E-state index in [0.717, 1.165) is 5.69 Å². The highest BCUT2D eigenvalue weighted by Gasteiger charge is 2.11. The summed E-state index contributed by atoms with van der Waals surface area (Å²) < 4.78 is 14.2. The Labute approximate surface area is 155 Å². The van der Waals surface area contributed by atoms with Gasteiger partial charge in [0.1, 0.15) is 11.5 Å². The molecule has 1 amide bonds. The summed E-state index contributed by atoms with van der Waals surface area (Å²) in [6.07, 6.45) is 0. The molecule has 0 radical (unpaired) electrons. The summed E-state index contributed by atoms with van der Waals surface area (Å²) >= 11 is 0. The SMILES string of the molecule is CN(C)c1ccc(NC(=O)c2ccc(=O)n(Cc3ccc(F)cc3)n2)cc1. The molecule has 0 bridgehead atoms. The zero-order valence-electron chi connectivity index (χ0n) is 15.0. The fraction of sp³-hybridized carbons (Fsp3) is 0.150. The Morgan fingerprint density at radius 2 is 1.70 bits per heavy atom. The summed E-state index contributed by atoms with van der Waals surface area (Å²) in [7, 11) is 3.86. The highest BCUT2D eigenvalue weighted by Crippen LogP contribution is 2.16. The molecule has 7 heteroatoms. The van der Waals surface area contributed by atoms with Gasteiger partial charge in [-0.3, -0.25) is 9.59 Å². The van der Waals surface area contributed by atoms with Crippen LogP contribution in [0, 0.1) is 5.82 Å². The Kier molecular flexibility index (Phi) is 5.30. The number of rotatable bonds is 5. The van der Waals surface area contributed by atoms with Gasteiger partial charge in [-0.2, -0.15) is 5.10 Å². The van der Waals surface area contributed by atoms with E-state index in [1.165, 1.54) is 28.9 Å². The minimum atomic E-state index is -0.416. The largest absolute Gasteiger partial charge is 0.378 e. The summed E-state index contributed by atoms with van der Waals surface area (Å²) in [6.45, 7) is 0.151. The molecule has 1 heterocycles. The smallest absolute Gasteiger partial charge is 0.276 e. The number of halogens is 1. The van der Waals surface area contributed by atoms with E-state index in [1.807, 2.05) is 31.1 Å². The van der Waals surface area contributed by atoms with Crippen molar-refractivity contribution in [1.29, 1.82) is 0 Å². The first-order chi connectivity index (χ1) is 12.9. The monoisotopic (exact) mass is 366 g/mol. The maximum absolute atomic E-state index is 13.0. The van der Waals surface area contributed by atoms with Crippen LogP contribution in [0.2, 0.25) is 0 Å². The first-order valence-electron chi connectivity index (χ1n) is 8.34. The molecule has 0 saturated heterocycles. The lowest BCUT2D eigenvalue weighted by Crippen LogP contribution is -2.26. The van der Waals surface area contributed by atoms with E-state index in [2.05, 4.69) is 10.4 Å². The van der Waals surface area contributed by atoms with E-state index in [1.54, 1.807) is 24.3 Å². The van der Waals surface area contributed by atoms with Gasteiger partial charge in [0.15, 0.2) is 0 Å². The van der Waals surface area contributed by atoms with Crippen LogP contribution >= 0.6 is 0 Å². The summed E-state index contributed by atoms with van der Waals surface area (Å²) in [4.78, 5) is 26.4. The molecule has 0 aliphatic carbocycles. The molecule has 6 nitrogen and oxygen atoms in total. The van der Waals surface area contributed by atoms with Gasteiger partial charge in [0.2, 0.25) is 0 Å². The normalized spacial score (nSPS) is 10.5. The molecule has 0 aliphatic heterocycles. The van der Waals surface area contributed by atoms with E-state index in [4.69, 9.17) is 0 Å². The number of carbonyl (C=O) groups is 1. The van der Waals surface area contributed by atoms with Crippen LogP contribution in [-0.4, -0.2) is 29.8 Å². The minimum absolute atomic E-state index is 0.119. The second-order valence-corrected chi connectivity index (χ2v) is 6.24. The van der Waals surface area contributed by atoms with Crippen molar-refractivity contribution in [2.75, 3.05) is 24.3 Å². The highest BCUT2D eigenvalue weighted by molar-refractivity contribution is 6.02. The van der Waals surface area contributed by atoms with Crippen molar-refractivity contribution >= 4 is 17.3 Å². The summed E-state index contributed by atoms with van der Waals surface area (Å²) in [6, 6.07) is 15.8. The van der Waals surface area contributed by atoms with Crippen molar-refractivity contribution in [2.24, 2.45) is 0 Å². The maximum Gasteiger partial charge on any atom is 0.276 e. The topological polar surface area (TPSA) is 67.2 Å². The number of amides is 1. The molecule has 1 aromatic heterocycles. The Balaban J connectivity index is 1.77. The van der Waals surface area contributed by atoms with Crippen molar-refractivity contribution in [3.8, 4) is 0 Å². The fourth-order valence-corrected chi connectivity index (χ4v) is 2.48. The average molecular weight is 366 g/mol. The first-order valence-corrected chi connectivity index (χ1v) is 8.34. The van der Waals surface area contributed by atoms with E-state index < -0.39 is 5.91 Å². The Bertz CT molecular complexity index is 996. The molecule has 2 aromatic carbocycles. The van der Waals surface area contributed by atoms with E-state index in [0.29, 0.717) is 11.3 Å². The standard InChI is InChI=1S/C20H19FN4O2/c1-24(2)17-9-7-16(8-10-17)22-20(27)18-11-12-19(26)25(23-18)13-14-3-5-15(21)6-4-14/h3-12H,13H2,1-2H3,(H,22,27). The molecule has 0 unspecified atom stereocenters. The number of benzene rings is 2. The maximum atomic E-state index is 13.0. The minimum Gasteiger partial charge on any atom is -0.378 e. The van der Waals surface area contributed by atoms with Gasteiger partial charge < -0.3 is 10.2 Å². The highest BCUT2D eigenvalue weighted by atomic mass is 19.1. The molecular formula is C20H19FN4O2. The molecule has 27 heavy (non-hydrogen) atoms. The van der Waals surface area contributed by atoms with Gasteiger partial charge in [-0.05, 0) is 48.0 Å². The van der Waals surface area contributed by atoms with Gasteiger partial charge in [-0.1, -0.05) is 12.1 Å². The van der Waals surface area contributed by atoms with Crippen LogP contribution in [0.4, 0.5) is 15.8 Å². The lowest BCUT2D eigenvalue weighted by Gasteiger charge is -2.13. The Hall–Kier alpha value is -3.48. The molecule has 1 N–H and O–H groups in total. The van der Waals surface area contributed by atoms with Gasteiger partial charge in [0, 0.05) is 31.5 Å². The summed E-state index contributed by atoms with van der Waals surface area (Å²) in [5.41, 5.74) is 2.13. The molecule has 0 saturated carbocycles.